The molecule has 0 bridgehead atoms. The second kappa shape index (κ2) is 5.85. The van der Waals surface area contributed by atoms with Crippen LogP contribution in [0, 0.1) is 6.92 Å². The van der Waals surface area contributed by atoms with Crippen LogP contribution in [0.25, 0.3) is 0 Å². The van der Waals surface area contributed by atoms with Crippen LogP contribution in [0.2, 0.25) is 0 Å². The highest BCUT2D eigenvalue weighted by atomic mass is 16.5. The van der Waals surface area contributed by atoms with Crippen LogP contribution in [0.4, 0.5) is 0 Å². The predicted molar refractivity (Wildman–Crippen MR) is 77.2 cm³/mol. The van der Waals surface area contributed by atoms with Crippen molar-refractivity contribution in [1.29, 1.82) is 0 Å². The molecule has 19 heavy (non-hydrogen) atoms. The smallest absolute Gasteiger partial charge is 0.124 e. The molecule has 3 nitrogen and oxygen atoms in total. The van der Waals surface area contributed by atoms with E-state index in [4.69, 9.17) is 10.5 Å². The number of nitrogens with zero attached hydrogens (tertiary/aromatic N) is 1. The highest BCUT2D eigenvalue weighted by Gasteiger charge is 2.14. The summed E-state index contributed by atoms with van der Waals surface area (Å²) in [5.74, 6) is 0.838. The number of benzene rings is 1. The van der Waals surface area contributed by atoms with E-state index < -0.39 is 0 Å². The molecule has 3 heteroatoms. The van der Waals surface area contributed by atoms with Gasteiger partial charge in [-0.1, -0.05) is 24.3 Å². The van der Waals surface area contributed by atoms with E-state index in [1.165, 1.54) is 0 Å². The largest absolute Gasteiger partial charge is 0.491 e. The van der Waals surface area contributed by atoms with E-state index in [9.17, 15) is 0 Å². The van der Waals surface area contributed by atoms with Crippen molar-refractivity contribution >= 4 is 0 Å². The lowest BCUT2D eigenvalue weighted by Crippen LogP contribution is -2.15. The van der Waals surface area contributed by atoms with Crippen molar-refractivity contribution in [2.24, 2.45) is 5.73 Å². The summed E-state index contributed by atoms with van der Waals surface area (Å²) in [6, 6.07) is 11.7. The first kappa shape index (κ1) is 13.6. The number of hydrogen-bond acceptors (Lipinski definition) is 3. The summed E-state index contributed by atoms with van der Waals surface area (Å²) in [6.45, 7) is 5.98. The maximum atomic E-state index is 6.32. The van der Waals surface area contributed by atoms with Gasteiger partial charge in [0, 0.05) is 17.5 Å². The Morgan fingerprint density at radius 2 is 1.84 bits per heavy atom. The molecule has 1 heterocycles. The first-order valence-electron chi connectivity index (χ1n) is 6.51. The second-order valence-corrected chi connectivity index (χ2v) is 4.92. The van der Waals surface area contributed by atoms with Gasteiger partial charge in [0.2, 0.25) is 0 Å². The number of pyridine rings is 1. The average Bonchev–Trinajstić information content (AvgIpc) is 2.39. The molecule has 2 N–H and O–H groups in total. The van der Waals surface area contributed by atoms with Crippen LogP contribution < -0.4 is 10.5 Å². The van der Waals surface area contributed by atoms with Crippen molar-refractivity contribution in [3.8, 4) is 5.75 Å². The summed E-state index contributed by atoms with van der Waals surface area (Å²) in [5, 5.41) is 0. The van der Waals surface area contributed by atoms with Gasteiger partial charge in [-0.2, -0.15) is 0 Å². The lowest BCUT2D eigenvalue weighted by Gasteiger charge is -2.18. The fourth-order valence-corrected chi connectivity index (χ4v) is 1.94. The van der Waals surface area contributed by atoms with E-state index in [2.05, 4.69) is 4.98 Å². The predicted octanol–water partition coefficient (Wildman–Crippen LogP) is 3.23. The van der Waals surface area contributed by atoms with Crippen molar-refractivity contribution in [1.82, 2.24) is 4.98 Å². The van der Waals surface area contributed by atoms with E-state index in [1.807, 2.05) is 63.4 Å². The fraction of sp³-hybridized carbons (Fsp3) is 0.312. The summed E-state index contributed by atoms with van der Waals surface area (Å²) >= 11 is 0. The van der Waals surface area contributed by atoms with Gasteiger partial charge < -0.3 is 10.5 Å². The zero-order valence-electron chi connectivity index (χ0n) is 11.6. The molecule has 0 aliphatic rings. The first-order valence-corrected chi connectivity index (χ1v) is 6.51. The number of hydrogen-bond donors (Lipinski definition) is 1. The summed E-state index contributed by atoms with van der Waals surface area (Å²) in [7, 11) is 0. The number of ether oxygens (including phenoxy) is 1. The molecule has 0 radical (unpaired) electrons. The molecular weight excluding hydrogens is 236 g/mol. The minimum atomic E-state index is -0.219. The van der Waals surface area contributed by atoms with Crippen molar-refractivity contribution in [3.05, 3.63) is 59.4 Å². The average molecular weight is 256 g/mol. The Hall–Kier alpha value is -1.87. The zero-order chi connectivity index (χ0) is 13.8. The molecule has 0 spiro atoms. The third kappa shape index (κ3) is 3.32. The van der Waals surface area contributed by atoms with Crippen LogP contribution in [0.15, 0.2) is 42.6 Å². The highest BCUT2D eigenvalue weighted by molar-refractivity contribution is 5.40. The molecule has 100 valence electrons. The highest BCUT2D eigenvalue weighted by Crippen LogP contribution is 2.28. The molecule has 0 aliphatic heterocycles. The lowest BCUT2D eigenvalue weighted by molar-refractivity contribution is 0.239. The summed E-state index contributed by atoms with van der Waals surface area (Å²) in [5.41, 5.74) is 9.29. The summed E-state index contributed by atoms with van der Waals surface area (Å²) in [4.78, 5) is 4.30. The molecule has 1 aromatic carbocycles. The quantitative estimate of drug-likeness (QED) is 0.913. The monoisotopic (exact) mass is 256 g/mol. The number of rotatable bonds is 4. The molecule has 2 rings (SSSR count). The Balaban J connectivity index is 2.32. The molecule has 0 amide bonds. The molecule has 1 aromatic heterocycles. The minimum Gasteiger partial charge on any atom is -0.491 e. The van der Waals surface area contributed by atoms with Crippen molar-refractivity contribution in [2.45, 2.75) is 32.9 Å². The van der Waals surface area contributed by atoms with Gasteiger partial charge in [-0.3, -0.25) is 4.98 Å². The molecule has 0 fully saturated rings. The molecule has 2 aromatic rings. The summed E-state index contributed by atoms with van der Waals surface area (Å²) in [6.07, 6.45) is 1.95. The van der Waals surface area contributed by atoms with Crippen LogP contribution in [-0.2, 0) is 0 Å². The molecule has 1 atom stereocenters. The Labute approximate surface area is 114 Å². The van der Waals surface area contributed by atoms with Crippen LogP contribution in [0.3, 0.4) is 0 Å². The van der Waals surface area contributed by atoms with Crippen LogP contribution >= 0.6 is 0 Å². The van der Waals surface area contributed by atoms with Gasteiger partial charge in [0.15, 0.2) is 0 Å². The topological polar surface area (TPSA) is 48.1 Å². The van der Waals surface area contributed by atoms with E-state index >= 15 is 0 Å². The lowest BCUT2D eigenvalue weighted by atomic mass is 10.00. The van der Waals surface area contributed by atoms with Crippen molar-refractivity contribution in [3.63, 3.8) is 0 Å². The molecule has 0 saturated heterocycles. The normalized spacial score (nSPS) is 12.5. The second-order valence-electron chi connectivity index (χ2n) is 4.92. The van der Waals surface area contributed by atoms with Gasteiger partial charge >= 0.3 is 0 Å². The maximum Gasteiger partial charge on any atom is 0.124 e. The van der Waals surface area contributed by atoms with Crippen LogP contribution in [0.5, 0.6) is 5.75 Å². The van der Waals surface area contributed by atoms with E-state index in [-0.39, 0.29) is 12.1 Å². The third-order valence-electron chi connectivity index (χ3n) is 2.91. The van der Waals surface area contributed by atoms with Gasteiger partial charge in [-0.25, -0.2) is 0 Å². The van der Waals surface area contributed by atoms with Gasteiger partial charge in [0.1, 0.15) is 5.75 Å². The third-order valence-corrected chi connectivity index (χ3v) is 2.91. The van der Waals surface area contributed by atoms with Gasteiger partial charge in [-0.15, -0.1) is 0 Å². The standard InChI is InChI=1S/C16H20N2O/c1-11(2)19-15-7-5-4-6-14(15)16(17)13-9-8-12(3)18-10-13/h4-11,16H,17H2,1-3H3. The first-order chi connectivity index (χ1) is 9.08. The number of aryl methyl sites for hydroxylation is 1. The van der Waals surface area contributed by atoms with E-state index in [0.717, 1.165) is 22.6 Å². The van der Waals surface area contributed by atoms with E-state index in [1.54, 1.807) is 0 Å². The fourth-order valence-electron chi connectivity index (χ4n) is 1.94. The SMILES string of the molecule is Cc1ccc(C(N)c2ccccc2OC(C)C)cn1. The number of para-hydroxylation sites is 1. The molecule has 0 aliphatic carbocycles. The minimum absolute atomic E-state index is 0.129. The van der Waals surface area contributed by atoms with Gasteiger partial charge in [-0.05, 0) is 38.5 Å². The molecular formula is C16H20N2O. The van der Waals surface area contributed by atoms with Crippen molar-refractivity contribution < 1.29 is 4.74 Å². The number of nitrogens with two attached hydrogens (primary N) is 1. The van der Waals surface area contributed by atoms with Gasteiger partial charge in [0.05, 0.1) is 12.1 Å². The summed E-state index contributed by atoms with van der Waals surface area (Å²) < 4.78 is 5.81. The Morgan fingerprint density at radius 1 is 1.11 bits per heavy atom. The van der Waals surface area contributed by atoms with Crippen molar-refractivity contribution in [2.75, 3.05) is 0 Å². The Morgan fingerprint density at radius 3 is 2.47 bits per heavy atom. The van der Waals surface area contributed by atoms with E-state index in [0.29, 0.717) is 0 Å². The number of aromatic nitrogens is 1. The van der Waals surface area contributed by atoms with Gasteiger partial charge in [0.25, 0.3) is 0 Å². The van der Waals surface area contributed by atoms with Crippen LogP contribution in [0.1, 0.15) is 36.7 Å². The zero-order valence-corrected chi connectivity index (χ0v) is 11.6. The maximum absolute atomic E-state index is 6.32. The van der Waals surface area contributed by atoms with Crippen LogP contribution in [-0.4, -0.2) is 11.1 Å². The molecule has 1 unspecified atom stereocenters. The molecule has 0 saturated carbocycles. The Bertz CT molecular complexity index is 535. The Kier molecular flexibility index (Phi) is 4.17.